The first-order valence-electron chi connectivity index (χ1n) is 8.13. The maximum absolute atomic E-state index is 6.16. The summed E-state index contributed by atoms with van der Waals surface area (Å²) >= 11 is 0. The SMILES string of the molecule is Cc1ccc2[nH]cc(C(CN)c3cc(C(C)(C)C)nn3C)c2c1. The van der Waals surface area contributed by atoms with Gasteiger partial charge in [-0.25, -0.2) is 0 Å². The summed E-state index contributed by atoms with van der Waals surface area (Å²) in [6.45, 7) is 9.24. The Morgan fingerprint density at radius 1 is 1.26 bits per heavy atom. The van der Waals surface area contributed by atoms with Crippen molar-refractivity contribution in [2.24, 2.45) is 12.8 Å². The summed E-state index contributed by atoms with van der Waals surface area (Å²) in [5.41, 5.74) is 12.1. The number of hydrogen-bond acceptors (Lipinski definition) is 2. The number of aromatic nitrogens is 3. The molecule has 0 saturated heterocycles. The third-order valence-corrected chi connectivity index (χ3v) is 4.52. The molecule has 3 rings (SSSR count). The van der Waals surface area contributed by atoms with Gasteiger partial charge >= 0.3 is 0 Å². The minimum atomic E-state index is 0.0337. The summed E-state index contributed by atoms with van der Waals surface area (Å²) in [7, 11) is 2.01. The first-order valence-corrected chi connectivity index (χ1v) is 8.13. The van der Waals surface area contributed by atoms with Gasteiger partial charge in [-0.15, -0.1) is 0 Å². The highest BCUT2D eigenvalue weighted by molar-refractivity contribution is 5.84. The van der Waals surface area contributed by atoms with Gasteiger partial charge in [0.25, 0.3) is 0 Å². The standard InChI is InChI=1S/C19H26N4/c1-12-6-7-16-13(8-12)15(11-21-16)14(10-20)17-9-18(19(2,3)4)22-23(17)5/h6-9,11,14,21H,10,20H2,1-5H3. The number of H-pyrrole nitrogens is 1. The average Bonchev–Trinajstić information content (AvgIpc) is 3.05. The number of rotatable bonds is 3. The molecule has 2 heterocycles. The molecule has 23 heavy (non-hydrogen) atoms. The zero-order chi connectivity index (χ0) is 16.8. The lowest BCUT2D eigenvalue weighted by Crippen LogP contribution is -2.16. The first kappa shape index (κ1) is 15.8. The zero-order valence-electron chi connectivity index (χ0n) is 14.6. The quantitative estimate of drug-likeness (QED) is 0.776. The molecule has 0 bridgehead atoms. The summed E-state index contributed by atoms with van der Waals surface area (Å²) in [6, 6.07) is 8.68. The highest BCUT2D eigenvalue weighted by Gasteiger charge is 2.24. The van der Waals surface area contributed by atoms with Crippen LogP contribution in [0.15, 0.2) is 30.5 Å². The van der Waals surface area contributed by atoms with Crippen molar-refractivity contribution in [3.8, 4) is 0 Å². The molecule has 0 fully saturated rings. The van der Waals surface area contributed by atoms with E-state index in [1.165, 1.54) is 22.2 Å². The molecule has 4 heteroatoms. The van der Waals surface area contributed by atoms with Crippen molar-refractivity contribution >= 4 is 10.9 Å². The number of aromatic amines is 1. The molecule has 1 atom stereocenters. The lowest BCUT2D eigenvalue weighted by molar-refractivity contribution is 0.550. The molecule has 0 aliphatic rings. The Labute approximate surface area is 137 Å². The Morgan fingerprint density at radius 2 is 2.00 bits per heavy atom. The molecule has 0 aliphatic carbocycles. The molecule has 3 N–H and O–H groups in total. The van der Waals surface area contributed by atoms with E-state index in [0.29, 0.717) is 6.54 Å². The van der Waals surface area contributed by atoms with Crippen molar-refractivity contribution in [2.75, 3.05) is 6.54 Å². The average molecular weight is 310 g/mol. The van der Waals surface area contributed by atoms with E-state index in [1.807, 2.05) is 11.7 Å². The van der Waals surface area contributed by atoms with Crippen molar-refractivity contribution in [2.45, 2.75) is 39.0 Å². The van der Waals surface area contributed by atoms with Crippen LogP contribution < -0.4 is 5.73 Å². The van der Waals surface area contributed by atoms with Crippen LogP contribution in [0, 0.1) is 6.92 Å². The fourth-order valence-electron chi connectivity index (χ4n) is 3.13. The van der Waals surface area contributed by atoms with Crippen LogP contribution in [0.5, 0.6) is 0 Å². The maximum Gasteiger partial charge on any atom is 0.0681 e. The number of aryl methyl sites for hydroxylation is 2. The fourth-order valence-corrected chi connectivity index (χ4v) is 3.13. The minimum absolute atomic E-state index is 0.0337. The molecule has 3 aromatic rings. The molecule has 4 nitrogen and oxygen atoms in total. The Morgan fingerprint density at radius 3 is 2.61 bits per heavy atom. The van der Waals surface area contributed by atoms with Crippen LogP contribution in [0.1, 0.15) is 49.2 Å². The molecule has 2 aromatic heterocycles. The summed E-state index contributed by atoms with van der Waals surface area (Å²) in [6.07, 6.45) is 2.09. The second-order valence-corrected chi connectivity index (χ2v) is 7.41. The number of benzene rings is 1. The van der Waals surface area contributed by atoms with Gasteiger partial charge in [0, 0.05) is 47.7 Å². The van der Waals surface area contributed by atoms with E-state index in [1.54, 1.807) is 0 Å². The Balaban J connectivity index is 2.12. The topological polar surface area (TPSA) is 59.6 Å². The predicted molar refractivity (Wildman–Crippen MR) is 95.8 cm³/mol. The minimum Gasteiger partial charge on any atom is -0.361 e. The lowest BCUT2D eigenvalue weighted by atomic mass is 9.89. The second-order valence-electron chi connectivity index (χ2n) is 7.41. The molecule has 0 radical (unpaired) electrons. The van der Waals surface area contributed by atoms with Crippen LogP contribution in [0.3, 0.4) is 0 Å². The van der Waals surface area contributed by atoms with E-state index in [0.717, 1.165) is 11.2 Å². The number of nitrogens with one attached hydrogen (secondary N) is 1. The van der Waals surface area contributed by atoms with Crippen molar-refractivity contribution in [3.63, 3.8) is 0 Å². The predicted octanol–water partition coefficient (Wildman–Crippen LogP) is 3.60. The smallest absolute Gasteiger partial charge is 0.0681 e. The summed E-state index contributed by atoms with van der Waals surface area (Å²) < 4.78 is 1.98. The van der Waals surface area contributed by atoms with Gasteiger partial charge < -0.3 is 10.7 Å². The van der Waals surface area contributed by atoms with Crippen molar-refractivity contribution in [3.05, 3.63) is 53.0 Å². The van der Waals surface area contributed by atoms with Gasteiger partial charge in [0.1, 0.15) is 0 Å². The van der Waals surface area contributed by atoms with E-state index in [4.69, 9.17) is 10.8 Å². The molecule has 0 amide bonds. The van der Waals surface area contributed by atoms with Gasteiger partial charge in [-0.2, -0.15) is 5.10 Å². The Kier molecular flexibility index (Phi) is 3.80. The molecular formula is C19H26N4. The Hall–Kier alpha value is -2.07. The van der Waals surface area contributed by atoms with Crippen molar-refractivity contribution in [1.29, 1.82) is 0 Å². The molecule has 1 unspecified atom stereocenters. The number of fused-ring (bicyclic) bond motifs is 1. The monoisotopic (exact) mass is 310 g/mol. The highest BCUT2D eigenvalue weighted by atomic mass is 15.3. The van der Waals surface area contributed by atoms with Crippen LogP contribution in [-0.4, -0.2) is 21.3 Å². The Bertz CT molecular complexity index is 833. The van der Waals surface area contributed by atoms with Crippen molar-refractivity contribution in [1.82, 2.24) is 14.8 Å². The molecule has 0 saturated carbocycles. The van der Waals surface area contributed by atoms with Gasteiger partial charge in [-0.3, -0.25) is 4.68 Å². The van der Waals surface area contributed by atoms with Crippen LogP contribution in [-0.2, 0) is 12.5 Å². The van der Waals surface area contributed by atoms with Crippen LogP contribution in [0.2, 0.25) is 0 Å². The molecule has 0 spiro atoms. The van der Waals surface area contributed by atoms with Crippen molar-refractivity contribution < 1.29 is 0 Å². The molecule has 1 aromatic carbocycles. The first-order chi connectivity index (χ1) is 10.8. The third-order valence-electron chi connectivity index (χ3n) is 4.52. The van der Waals surface area contributed by atoms with E-state index in [-0.39, 0.29) is 11.3 Å². The van der Waals surface area contributed by atoms with Gasteiger partial charge in [0.2, 0.25) is 0 Å². The largest absolute Gasteiger partial charge is 0.361 e. The van der Waals surface area contributed by atoms with Crippen LogP contribution in [0.25, 0.3) is 10.9 Å². The molecule has 0 aliphatic heterocycles. The van der Waals surface area contributed by atoms with Gasteiger partial charge in [0.15, 0.2) is 0 Å². The lowest BCUT2D eigenvalue weighted by Gasteiger charge is -2.15. The molecular weight excluding hydrogens is 284 g/mol. The van der Waals surface area contributed by atoms with E-state index in [2.05, 4.69) is 63.1 Å². The van der Waals surface area contributed by atoms with Crippen LogP contribution >= 0.6 is 0 Å². The van der Waals surface area contributed by atoms with Gasteiger partial charge in [0.05, 0.1) is 5.69 Å². The van der Waals surface area contributed by atoms with E-state index >= 15 is 0 Å². The number of nitrogens with zero attached hydrogens (tertiary/aromatic N) is 2. The normalized spacial score (nSPS) is 13.7. The van der Waals surface area contributed by atoms with E-state index < -0.39 is 0 Å². The second kappa shape index (κ2) is 5.53. The van der Waals surface area contributed by atoms with Crippen LogP contribution in [0.4, 0.5) is 0 Å². The maximum atomic E-state index is 6.16. The highest BCUT2D eigenvalue weighted by Crippen LogP contribution is 2.32. The number of nitrogens with two attached hydrogens (primary N) is 1. The fraction of sp³-hybridized carbons (Fsp3) is 0.421. The van der Waals surface area contributed by atoms with Gasteiger partial charge in [-0.1, -0.05) is 32.4 Å². The zero-order valence-corrected chi connectivity index (χ0v) is 14.6. The summed E-state index contributed by atoms with van der Waals surface area (Å²) in [5.74, 6) is 0.138. The van der Waals surface area contributed by atoms with E-state index in [9.17, 15) is 0 Å². The van der Waals surface area contributed by atoms with Gasteiger partial charge in [-0.05, 0) is 30.7 Å². The summed E-state index contributed by atoms with van der Waals surface area (Å²) in [4.78, 5) is 3.37. The molecule has 122 valence electrons. The summed E-state index contributed by atoms with van der Waals surface area (Å²) in [5, 5.41) is 5.96. The third kappa shape index (κ3) is 2.79. The number of hydrogen-bond donors (Lipinski definition) is 2.